The zero-order chi connectivity index (χ0) is 48.5. The van der Waals surface area contributed by atoms with Gasteiger partial charge < -0.3 is 24.8 Å². The molecule has 3 aliphatic heterocycles. The Labute approximate surface area is 406 Å². The van der Waals surface area contributed by atoms with Gasteiger partial charge in [-0.15, -0.1) is 0 Å². The standard InChI is InChI=1S/C52H51N9O8S/c1-30-34(35-15-17-44(55-48(35)51(66)67)61-24-19-31-7-5-9-36(39(31)28-61)49(64)57-52-54-40-10-3-4-12-43(40)70-52)8-6-11-42(30)69-26-25-68-33-20-22-60(23-21-33)29-46(63)53-32-13-14-37-41(27-32)59(2)58-47(37)38-16-18-45(62)56-50(38)65/h3-15,17,27,33,38H,16,18-26,28-29H2,1-2H3,(H,53,63)(H,66,67)(H,54,57,64)(H,56,62,65). The number of rotatable bonds is 14. The number of hydrogen-bond donors (Lipinski definition) is 4. The maximum atomic E-state index is 13.6. The molecule has 3 aromatic heterocycles. The van der Waals surface area contributed by atoms with Crippen molar-refractivity contribution in [2.24, 2.45) is 7.05 Å². The summed E-state index contributed by atoms with van der Waals surface area (Å²) < 4.78 is 15.1. The Kier molecular flexibility index (Phi) is 13.1. The van der Waals surface area contributed by atoms with Crippen molar-refractivity contribution in [2.45, 2.75) is 57.6 Å². The number of para-hydroxylation sites is 1. The highest BCUT2D eigenvalue weighted by Gasteiger charge is 2.32. The monoisotopic (exact) mass is 961 g/mol. The Morgan fingerprint density at radius 3 is 2.51 bits per heavy atom. The van der Waals surface area contributed by atoms with Gasteiger partial charge in [0.25, 0.3) is 5.91 Å². The molecule has 4 amide bonds. The smallest absolute Gasteiger partial charge is 0.355 e. The molecule has 1 unspecified atom stereocenters. The minimum Gasteiger partial charge on any atom is -0.491 e. The second kappa shape index (κ2) is 19.8. The normalized spacial score (nSPS) is 16.5. The molecule has 4 N–H and O–H groups in total. The number of carboxylic acids is 1. The van der Waals surface area contributed by atoms with Crippen LogP contribution in [0.1, 0.15) is 74.8 Å². The van der Waals surface area contributed by atoms with Crippen LogP contribution < -0.4 is 25.6 Å². The number of hydrogen-bond acceptors (Lipinski definition) is 13. The Morgan fingerprint density at radius 1 is 0.871 bits per heavy atom. The summed E-state index contributed by atoms with van der Waals surface area (Å²) >= 11 is 1.42. The Balaban J connectivity index is 0.709. The zero-order valence-electron chi connectivity index (χ0n) is 38.7. The Bertz CT molecular complexity index is 3160. The molecule has 18 heteroatoms. The van der Waals surface area contributed by atoms with Crippen LogP contribution in [-0.2, 0) is 39.1 Å². The number of nitrogens with one attached hydrogen (secondary N) is 3. The van der Waals surface area contributed by atoms with Crippen LogP contribution in [0.25, 0.3) is 32.2 Å². The number of nitrogens with zero attached hydrogens (tertiary/aromatic N) is 6. The fourth-order valence-electron chi connectivity index (χ4n) is 9.73. The maximum Gasteiger partial charge on any atom is 0.355 e. The molecule has 6 heterocycles. The van der Waals surface area contributed by atoms with Crippen LogP contribution in [0.2, 0.25) is 0 Å². The number of benzene rings is 4. The van der Waals surface area contributed by atoms with Gasteiger partial charge in [0.05, 0.1) is 46.6 Å². The number of carbonyl (C=O) groups excluding carboxylic acids is 4. The van der Waals surface area contributed by atoms with Crippen LogP contribution in [0.15, 0.2) is 91.0 Å². The molecular weight excluding hydrogens is 911 g/mol. The third-order valence-electron chi connectivity index (χ3n) is 13.3. The van der Waals surface area contributed by atoms with E-state index in [1.165, 1.54) is 11.3 Å². The van der Waals surface area contributed by atoms with Crippen LogP contribution in [0.5, 0.6) is 5.75 Å². The third-order valence-corrected chi connectivity index (χ3v) is 14.3. The number of carbonyl (C=O) groups is 5. The lowest BCUT2D eigenvalue weighted by Gasteiger charge is -2.31. The van der Waals surface area contributed by atoms with E-state index in [4.69, 9.17) is 14.5 Å². The SMILES string of the molecule is Cc1c(OCCOC2CCN(CC(=O)Nc3ccc4c(C5CCC(=O)NC5=O)nn(C)c4c3)CC2)cccc1-c1ccc(N2CCc3cccc(C(=O)Nc4nc5ccccc5s4)c3C2)nc1C(=O)O. The lowest BCUT2D eigenvalue weighted by Crippen LogP contribution is -2.41. The van der Waals surface area contributed by atoms with E-state index in [9.17, 15) is 29.1 Å². The van der Waals surface area contributed by atoms with E-state index in [-0.39, 0.29) is 48.4 Å². The fourth-order valence-corrected chi connectivity index (χ4v) is 10.6. The molecule has 0 aliphatic carbocycles. The summed E-state index contributed by atoms with van der Waals surface area (Å²) in [4.78, 5) is 77.1. The van der Waals surface area contributed by atoms with Gasteiger partial charge in [0.15, 0.2) is 10.8 Å². The summed E-state index contributed by atoms with van der Waals surface area (Å²) in [6.45, 7) is 5.17. The number of aromatic nitrogens is 4. The number of anilines is 3. The quantitative estimate of drug-likeness (QED) is 0.0635. The predicted octanol–water partition coefficient (Wildman–Crippen LogP) is 7.09. The highest BCUT2D eigenvalue weighted by atomic mass is 32.1. The largest absolute Gasteiger partial charge is 0.491 e. The summed E-state index contributed by atoms with van der Waals surface area (Å²) in [5.74, 6) is -1.53. The number of aryl methyl sites for hydroxylation is 1. The van der Waals surface area contributed by atoms with E-state index in [0.29, 0.717) is 97.0 Å². The van der Waals surface area contributed by atoms with Crippen molar-refractivity contribution in [1.29, 1.82) is 0 Å². The van der Waals surface area contributed by atoms with Crippen LogP contribution in [0.4, 0.5) is 16.6 Å². The molecule has 358 valence electrons. The summed E-state index contributed by atoms with van der Waals surface area (Å²) in [6.07, 6.45) is 2.88. The summed E-state index contributed by atoms with van der Waals surface area (Å²) in [5, 5.41) is 24.8. The van der Waals surface area contributed by atoms with E-state index < -0.39 is 11.9 Å². The lowest BCUT2D eigenvalue weighted by molar-refractivity contribution is -0.134. The molecule has 17 nitrogen and oxygen atoms in total. The highest BCUT2D eigenvalue weighted by Crippen LogP contribution is 2.36. The Morgan fingerprint density at radius 2 is 1.70 bits per heavy atom. The van der Waals surface area contributed by atoms with E-state index in [2.05, 4.69) is 30.9 Å². The lowest BCUT2D eigenvalue weighted by atomic mass is 9.93. The second-order valence-corrected chi connectivity index (χ2v) is 18.9. The number of amides is 4. The summed E-state index contributed by atoms with van der Waals surface area (Å²) in [5.41, 5.74) is 7.20. The highest BCUT2D eigenvalue weighted by molar-refractivity contribution is 7.22. The van der Waals surface area contributed by atoms with Crippen molar-refractivity contribution in [2.75, 3.05) is 54.9 Å². The molecule has 4 aromatic carbocycles. The number of thiazole rings is 1. The first-order valence-electron chi connectivity index (χ1n) is 23.4. The first kappa shape index (κ1) is 46.2. The van der Waals surface area contributed by atoms with Gasteiger partial charge in [-0.3, -0.25) is 39.4 Å². The first-order chi connectivity index (χ1) is 33.9. The van der Waals surface area contributed by atoms with Crippen molar-refractivity contribution < 1.29 is 38.6 Å². The van der Waals surface area contributed by atoms with Gasteiger partial charge in [-0.1, -0.05) is 47.7 Å². The van der Waals surface area contributed by atoms with Crippen molar-refractivity contribution in [1.82, 2.24) is 30.0 Å². The van der Waals surface area contributed by atoms with E-state index in [0.717, 1.165) is 50.7 Å². The molecule has 0 saturated carbocycles. The van der Waals surface area contributed by atoms with E-state index in [1.54, 1.807) is 23.9 Å². The summed E-state index contributed by atoms with van der Waals surface area (Å²) in [6, 6.07) is 28.2. The number of fused-ring (bicyclic) bond motifs is 3. The molecule has 2 saturated heterocycles. The van der Waals surface area contributed by atoms with E-state index in [1.807, 2.05) is 90.7 Å². The molecule has 70 heavy (non-hydrogen) atoms. The number of imide groups is 1. The first-order valence-corrected chi connectivity index (χ1v) is 24.2. The minimum atomic E-state index is -1.15. The van der Waals surface area contributed by atoms with Crippen LogP contribution in [0, 0.1) is 6.92 Å². The Hall–Kier alpha value is -7.54. The number of ether oxygens (including phenoxy) is 2. The van der Waals surface area contributed by atoms with Crippen LogP contribution in [0.3, 0.4) is 0 Å². The number of piperidine rings is 2. The fraction of sp³-hybridized carbons (Fsp3) is 0.308. The number of carboxylic acid groups (broad SMARTS) is 1. The average molecular weight is 962 g/mol. The third kappa shape index (κ3) is 9.70. The van der Waals surface area contributed by atoms with Gasteiger partial charge in [0.2, 0.25) is 17.7 Å². The summed E-state index contributed by atoms with van der Waals surface area (Å²) in [7, 11) is 1.79. The van der Waals surface area contributed by atoms with Gasteiger partial charge in [-0.05, 0) is 109 Å². The van der Waals surface area contributed by atoms with Gasteiger partial charge in [0.1, 0.15) is 18.2 Å². The number of aromatic carboxylic acids is 1. The molecule has 3 aliphatic rings. The van der Waals surface area contributed by atoms with Crippen LogP contribution in [-0.4, -0.2) is 105 Å². The van der Waals surface area contributed by atoms with Gasteiger partial charge >= 0.3 is 5.97 Å². The topological polar surface area (TPSA) is 210 Å². The molecule has 1 atom stereocenters. The average Bonchev–Trinajstić information content (AvgIpc) is 3.92. The van der Waals surface area contributed by atoms with Crippen molar-refractivity contribution in [3.63, 3.8) is 0 Å². The maximum absolute atomic E-state index is 13.6. The molecule has 10 rings (SSSR count). The molecule has 2 fully saturated rings. The van der Waals surface area contributed by atoms with Crippen LogP contribution >= 0.6 is 11.3 Å². The molecule has 0 bridgehead atoms. The number of pyridine rings is 1. The van der Waals surface area contributed by atoms with Gasteiger partial charge in [-0.25, -0.2) is 14.8 Å². The van der Waals surface area contributed by atoms with Crippen molar-refractivity contribution >= 4 is 78.7 Å². The van der Waals surface area contributed by atoms with Gasteiger partial charge in [-0.2, -0.15) is 5.10 Å². The van der Waals surface area contributed by atoms with E-state index >= 15 is 0 Å². The molecule has 0 spiro atoms. The van der Waals surface area contributed by atoms with Gasteiger partial charge in [0, 0.05) is 61.8 Å². The number of likely N-dealkylation sites (tertiary alicyclic amines) is 1. The van der Waals surface area contributed by atoms with Crippen molar-refractivity contribution in [3.8, 4) is 16.9 Å². The molecule has 7 aromatic rings. The second-order valence-electron chi connectivity index (χ2n) is 17.8. The molecule has 0 radical (unpaired) electrons. The predicted molar refractivity (Wildman–Crippen MR) is 266 cm³/mol. The molecular formula is C52H51N9O8S. The zero-order valence-corrected chi connectivity index (χ0v) is 39.5. The minimum absolute atomic E-state index is 0.0189. The van der Waals surface area contributed by atoms with Crippen molar-refractivity contribution in [3.05, 3.63) is 125 Å².